The molecule has 1 aromatic heterocycles. The van der Waals surface area contributed by atoms with Gasteiger partial charge in [-0.05, 0) is 0 Å². The minimum atomic E-state index is 0.282. The standard InChI is InChI=1S/C6H5Cl3N2/c1-4(7)2-11-3-10-5(8)6(11)9/h3H,1-2H2. The minimum Gasteiger partial charge on any atom is -0.315 e. The number of hydrogen-bond acceptors (Lipinski definition) is 1. The molecular weight excluding hydrogens is 206 g/mol. The van der Waals surface area contributed by atoms with E-state index in [0.717, 1.165) is 0 Å². The molecule has 0 radical (unpaired) electrons. The molecule has 0 fully saturated rings. The highest BCUT2D eigenvalue weighted by atomic mass is 35.5. The monoisotopic (exact) mass is 210 g/mol. The first-order valence-electron chi connectivity index (χ1n) is 2.80. The summed E-state index contributed by atoms with van der Waals surface area (Å²) in [5.74, 6) is 0. The van der Waals surface area contributed by atoms with Gasteiger partial charge in [0.05, 0.1) is 12.9 Å². The predicted octanol–water partition coefficient (Wildman–Crippen LogP) is 2.94. The number of aromatic nitrogens is 2. The number of halogens is 3. The van der Waals surface area contributed by atoms with Crippen LogP contribution in [0.25, 0.3) is 0 Å². The van der Waals surface area contributed by atoms with E-state index >= 15 is 0 Å². The Morgan fingerprint density at radius 3 is 2.64 bits per heavy atom. The molecule has 60 valence electrons. The van der Waals surface area contributed by atoms with Crippen molar-refractivity contribution < 1.29 is 0 Å². The average Bonchev–Trinajstić information content (AvgIpc) is 2.18. The van der Waals surface area contributed by atoms with Crippen molar-refractivity contribution in [2.45, 2.75) is 6.54 Å². The van der Waals surface area contributed by atoms with Crippen molar-refractivity contribution >= 4 is 34.8 Å². The van der Waals surface area contributed by atoms with Crippen LogP contribution in [0.15, 0.2) is 17.9 Å². The molecule has 0 saturated carbocycles. The SMILES string of the molecule is C=C(Cl)Cn1cnc(Cl)c1Cl. The molecule has 0 aliphatic carbocycles. The molecule has 0 bridgehead atoms. The summed E-state index contributed by atoms with van der Waals surface area (Å²) in [6.45, 7) is 3.95. The molecule has 1 rings (SSSR count). The highest BCUT2D eigenvalue weighted by molar-refractivity contribution is 6.40. The van der Waals surface area contributed by atoms with Crippen LogP contribution in [0, 0.1) is 0 Å². The molecule has 0 unspecified atom stereocenters. The van der Waals surface area contributed by atoms with Gasteiger partial charge in [0.25, 0.3) is 0 Å². The van der Waals surface area contributed by atoms with Gasteiger partial charge in [-0.2, -0.15) is 0 Å². The number of hydrogen-bond donors (Lipinski definition) is 0. The Labute approximate surface area is 79.4 Å². The Balaban J connectivity index is 2.87. The van der Waals surface area contributed by atoms with Crippen LogP contribution in [0.2, 0.25) is 10.3 Å². The molecule has 1 aromatic rings. The zero-order valence-electron chi connectivity index (χ0n) is 5.52. The van der Waals surface area contributed by atoms with Crippen LogP contribution in [0.4, 0.5) is 0 Å². The lowest BCUT2D eigenvalue weighted by molar-refractivity contribution is 0.812. The van der Waals surface area contributed by atoms with Gasteiger partial charge in [-0.25, -0.2) is 4.98 Å². The zero-order valence-corrected chi connectivity index (χ0v) is 7.79. The van der Waals surface area contributed by atoms with Gasteiger partial charge in [-0.15, -0.1) is 0 Å². The van der Waals surface area contributed by atoms with Crippen molar-refractivity contribution in [1.29, 1.82) is 0 Å². The minimum absolute atomic E-state index is 0.282. The van der Waals surface area contributed by atoms with Crippen molar-refractivity contribution in [3.05, 3.63) is 28.2 Å². The summed E-state index contributed by atoms with van der Waals surface area (Å²) in [4.78, 5) is 3.77. The first-order valence-corrected chi connectivity index (χ1v) is 3.94. The van der Waals surface area contributed by atoms with E-state index in [1.807, 2.05) is 0 Å². The van der Waals surface area contributed by atoms with E-state index in [1.165, 1.54) is 6.33 Å². The van der Waals surface area contributed by atoms with E-state index in [0.29, 0.717) is 16.7 Å². The second-order valence-corrected chi connectivity index (χ2v) is 3.22. The Hall–Kier alpha value is -0.180. The lowest BCUT2D eigenvalue weighted by Crippen LogP contribution is -1.94. The van der Waals surface area contributed by atoms with Crippen LogP contribution < -0.4 is 0 Å². The van der Waals surface area contributed by atoms with Crippen molar-refractivity contribution in [1.82, 2.24) is 9.55 Å². The molecule has 0 N–H and O–H groups in total. The van der Waals surface area contributed by atoms with E-state index in [4.69, 9.17) is 34.8 Å². The van der Waals surface area contributed by atoms with E-state index in [-0.39, 0.29) is 5.15 Å². The molecule has 0 saturated heterocycles. The quantitative estimate of drug-likeness (QED) is 0.735. The Morgan fingerprint density at radius 2 is 2.27 bits per heavy atom. The van der Waals surface area contributed by atoms with Gasteiger partial charge in [0.2, 0.25) is 0 Å². The molecule has 0 amide bonds. The van der Waals surface area contributed by atoms with E-state index in [2.05, 4.69) is 11.6 Å². The van der Waals surface area contributed by atoms with Gasteiger partial charge in [0.15, 0.2) is 5.15 Å². The molecular formula is C6H5Cl3N2. The van der Waals surface area contributed by atoms with Crippen LogP contribution in [-0.2, 0) is 6.54 Å². The summed E-state index contributed by atoms with van der Waals surface area (Å²) in [5.41, 5.74) is 0. The molecule has 0 aliphatic rings. The maximum atomic E-state index is 5.72. The molecule has 0 atom stereocenters. The third kappa shape index (κ3) is 2.12. The van der Waals surface area contributed by atoms with Crippen molar-refractivity contribution in [2.75, 3.05) is 0 Å². The fraction of sp³-hybridized carbons (Fsp3) is 0.167. The van der Waals surface area contributed by atoms with E-state index in [1.54, 1.807) is 4.57 Å². The fourth-order valence-electron chi connectivity index (χ4n) is 0.638. The van der Waals surface area contributed by atoms with Gasteiger partial charge >= 0.3 is 0 Å². The molecule has 11 heavy (non-hydrogen) atoms. The van der Waals surface area contributed by atoms with Gasteiger partial charge in [0.1, 0.15) is 5.15 Å². The highest BCUT2D eigenvalue weighted by Crippen LogP contribution is 2.20. The van der Waals surface area contributed by atoms with Crippen LogP contribution in [0.1, 0.15) is 0 Å². The van der Waals surface area contributed by atoms with Gasteiger partial charge in [-0.1, -0.05) is 41.4 Å². The number of rotatable bonds is 2. The molecule has 0 spiro atoms. The summed E-state index contributed by atoms with van der Waals surface area (Å²) < 4.78 is 1.61. The van der Waals surface area contributed by atoms with E-state index < -0.39 is 0 Å². The van der Waals surface area contributed by atoms with Crippen LogP contribution in [0.5, 0.6) is 0 Å². The summed E-state index contributed by atoms with van der Waals surface area (Å²) in [6, 6.07) is 0. The van der Waals surface area contributed by atoms with Crippen molar-refractivity contribution in [2.24, 2.45) is 0 Å². The van der Waals surface area contributed by atoms with Crippen molar-refractivity contribution in [3.63, 3.8) is 0 Å². The fourth-order valence-corrected chi connectivity index (χ4v) is 1.07. The smallest absolute Gasteiger partial charge is 0.166 e. The highest BCUT2D eigenvalue weighted by Gasteiger charge is 2.05. The lowest BCUT2D eigenvalue weighted by atomic mass is 10.6. The Morgan fingerprint density at radius 1 is 1.64 bits per heavy atom. The number of allylic oxidation sites excluding steroid dienone is 1. The number of nitrogens with zero attached hydrogens (tertiary/aromatic N) is 2. The second-order valence-electron chi connectivity index (χ2n) is 1.97. The largest absolute Gasteiger partial charge is 0.315 e. The summed E-state index contributed by atoms with van der Waals surface area (Å²) >= 11 is 16.8. The molecule has 5 heteroatoms. The molecule has 0 aromatic carbocycles. The average molecular weight is 211 g/mol. The molecule has 0 aliphatic heterocycles. The summed E-state index contributed by atoms with van der Waals surface area (Å²) in [6.07, 6.45) is 1.51. The lowest BCUT2D eigenvalue weighted by Gasteiger charge is -1.99. The van der Waals surface area contributed by atoms with Gasteiger partial charge in [0, 0.05) is 5.03 Å². The third-order valence-corrected chi connectivity index (χ3v) is 1.96. The van der Waals surface area contributed by atoms with Crippen molar-refractivity contribution in [3.8, 4) is 0 Å². The van der Waals surface area contributed by atoms with Crippen LogP contribution >= 0.6 is 34.8 Å². The maximum Gasteiger partial charge on any atom is 0.166 e. The molecule has 1 heterocycles. The number of imidazole rings is 1. The Bertz CT molecular complexity index is 279. The van der Waals surface area contributed by atoms with Gasteiger partial charge in [-0.3, -0.25) is 0 Å². The Kier molecular flexibility index (Phi) is 2.82. The van der Waals surface area contributed by atoms with E-state index in [9.17, 15) is 0 Å². The second kappa shape index (κ2) is 3.48. The first kappa shape index (κ1) is 8.91. The topological polar surface area (TPSA) is 17.8 Å². The predicted molar refractivity (Wildman–Crippen MR) is 47.2 cm³/mol. The maximum absolute atomic E-state index is 5.72. The third-order valence-electron chi connectivity index (χ3n) is 1.07. The normalized spacial score (nSPS) is 10.1. The zero-order chi connectivity index (χ0) is 8.43. The summed E-state index contributed by atoms with van der Waals surface area (Å²) in [5, 5.41) is 1.15. The van der Waals surface area contributed by atoms with Gasteiger partial charge < -0.3 is 4.57 Å². The first-order chi connectivity index (χ1) is 5.11. The van der Waals surface area contributed by atoms with Crippen LogP contribution in [-0.4, -0.2) is 9.55 Å². The summed E-state index contributed by atoms with van der Waals surface area (Å²) in [7, 11) is 0. The molecule has 2 nitrogen and oxygen atoms in total. The van der Waals surface area contributed by atoms with Crippen LogP contribution in [0.3, 0.4) is 0 Å².